The summed E-state index contributed by atoms with van der Waals surface area (Å²) in [6, 6.07) is 0. The first-order valence-electron chi connectivity index (χ1n) is 17.1. The van der Waals surface area contributed by atoms with Crippen molar-refractivity contribution in [1.82, 2.24) is 0 Å². The minimum absolute atomic E-state index is 0.183. The van der Waals surface area contributed by atoms with Gasteiger partial charge in [0.15, 0.2) is 0 Å². The van der Waals surface area contributed by atoms with Crippen LogP contribution in [0.5, 0.6) is 0 Å². The molecule has 0 bridgehead atoms. The molecule has 0 spiro atoms. The predicted molar refractivity (Wildman–Crippen MR) is 178 cm³/mol. The Morgan fingerprint density at radius 1 is 0.239 bits per heavy atom. The van der Waals surface area contributed by atoms with Gasteiger partial charge in [0.2, 0.25) is 0 Å². The van der Waals surface area contributed by atoms with Gasteiger partial charge in [0.05, 0.1) is 152 Å². The maximum absolute atomic E-state index is 5.58. The molecule has 0 aromatic heterocycles. The van der Waals surface area contributed by atoms with E-state index in [1.807, 2.05) is 0 Å². The first kappa shape index (κ1) is 45.5. The van der Waals surface area contributed by atoms with Crippen LogP contribution in [0.3, 0.4) is 0 Å². The van der Waals surface area contributed by atoms with Crippen LogP contribution in [0, 0.1) is 10.8 Å². The smallest absolute Gasteiger partial charge is 0.0701 e. The summed E-state index contributed by atoms with van der Waals surface area (Å²) >= 11 is 0. The molecule has 12 nitrogen and oxygen atoms in total. The minimum Gasteiger partial charge on any atom is -0.379 e. The monoisotopic (exact) mass is 670 g/mol. The Labute approximate surface area is 280 Å². The van der Waals surface area contributed by atoms with Crippen molar-refractivity contribution in [3.05, 3.63) is 0 Å². The molecule has 0 aliphatic rings. The van der Waals surface area contributed by atoms with E-state index >= 15 is 0 Å². The van der Waals surface area contributed by atoms with Gasteiger partial charge in [-0.2, -0.15) is 0 Å². The standard InChI is InChI=1S/C34H70O12/c1-33(2,3)8-7-9-35-10-11-36-12-13-37-14-15-38-16-17-39-18-19-40-20-21-41-22-23-42-24-25-43-26-27-44-28-29-45-30-31-46-32-34(4,5)6/h7-32H2,1-6H3. The second-order valence-electron chi connectivity index (χ2n) is 13.0. The van der Waals surface area contributed by atoms with Gasteiger partial charge >= 0.3 is 0 Å². The molecule has 0 saturated carbocycles. The maximum atomic E-state index is 5.58. The lowest BCUT2D eigenvalue weighted by molar-refractivity contribution is -0.0291. The topological polar surface area (TPSA) is 111 Å². The Morgan fingerprint density at radius 3 is 0.630 bits per heavy atom. The molecule has 0 rings (SSSR count). The van der Waals surface area contributed by atoms with Gasteiger partial charge in [0, 0.05) is 6.61 Å². The summed E-state index contributed by atoms with van der Waals surface area (Å²) in [7, 11) is 0. The zero-order valence-electron chi connectivity index (χ0n) is 30.3. The van der Waals surface area contributed by atoms with Gasteiger partial charge in [-0.3, -0.25) is 0 Å². The molecule has 0 aromatic rings. The molecular formula is C34H70O12. The van der Waals surface area contributed by atoms with Crippen LogP contribution in [0.25, 0.3) is 0 Å². The molecule has 0 radical (unpaired) electrons. The lowest BCUT2D eigenvalue weighted by atomic mass is 9.91. The van der Waals surface area contributed by atoms with E-state index in [4.69, 9.17) is 56.8 Å². The van der Waals surface area contributed by atoms with Crippen molar-refractivity contribution >= 4 is 0 Å². The van der Waals surface area contributed by atoms with Gasteiger partial charge in [-0.15, -0.1) is 0 Å². The SMILES string of the molecule is CC(C)(C)CCCOCCOCCOCCOCCOCCOCCOCCOCCOCCOCCOCCOCC(C)(C)C. The number of hydrogen-bond donors (Lipinski definition) is 0. The summed E-state index contributed by atoms with van der Waals surface area (Å²) in [5.74, 6) is 0. The number of rotatable bonds is 37. The second kappa shape index (κ2) is 34.4. The quantitative estimate of drug-likeness (QED) is 0.0890. The van der Waals surface area contributed by atoms with E-state index in [9.17, 15) is 0 Å². The van der Waals surface area contributed by atoms with Gasteiger partial charge < -0.3 is 56.8 Å². The van der Waals surface area contributed by atoms with Crippen molar-refractivity contribution in [2.45, 2.75) is 54.4 Å². The molecule has 46 heavy (non-hydrogen) atoms. The predicted octanol–water partition coefficient (Wildman–Crippen LogP) is 4.06. The number of ether oxygens (including phenoxy) is 12. The zero-order chi connectivity index (χ0) is 33.9. The van der Waals surface area contributed by atoms with Crippen LogP contribution in [0.2, 0.25) is 0 Å². The van der Waals surface area contributed by atoms with E-state index in [1.54, 1.807) is 0 Å². The van der Waals surface area contributed by atoms with Crippen LogP contribution in [-0.2, 0) is 56.8 Å². The maximum Gasteiger partial charge on any atom is 0.0701 e. The molecule has 0 fully saturated rings. The molecule has 0 unspecified atom stereocenters. The van der Waals surface area contributed by atoms with E-state index in [-0.39, 0.29) is 5.41 Å². The zero-order valence-corrected chi connectivity index (χ0v) is 30.3. The largest absolute Gasteiger partial charge is 0.379 e. The van der Waals surface area contributed by atoms with Crippen LogP contribution in [0.4, 0.5) is 0 Å². The Morgan fingerprint density at radius 2 is 0.435 bits per heavy atom. The summed E-state index contributed by atoms with van der Waals surface area (Å²) in [5, 5.41) is 0. The van der Waals surface area contributed by atoms with E-state index in [2.05, 4.69) is 41.5 Å². The van der Waals surface area contributed by atoms with Crippen molar-refractivity contribution in [3.8, 4) is 0 Å². The van der Waals surface area contributed by atoms with Gasteiger partial charge in [-0.05, 0) is 23.7 Å². The lowest BCUT2D eigenvalue weighted by Gasteiger charge is -2.17. The molecule has 0 heterocycles. The van der Waals surface area contributed by atoms with Gasteiger partial charge in [0.25, 0.3) is 0 Å². The second-order valence-corrected chi connectivity index (χ2v) is 13.0. The average Bonchev–Trinajstić information content (AvgIpc) is 2.99. The van der Waals surface area contributed by atoms with E-state index < -0.39 is 0 Å². The highest BCUT2D eigenvalue weighted by molar-refractivity contribution is 4.60. The van der Waals surface area contributed by atoms with Crippen molar-refractivity contribution in [2.24, 2.45) is 10.8 Å². The molecule has 0 atom stereocenters. The Bertz CT molecular complexity index is 533. The van der Waals surface area contributed by atoms with Crippen LogP contribution in [0.1, 0.15) is 54.4 Å². The molecule has 0 aromatic carbocycles. The summed E-state index contributed by atoms with van der Waals surface area (Å²) in [4.78, 5) is 0. The van der Waals surface area contributed by atoms with Crippen molar-refractivity contribution in [1.29, 1.82) is 0 Å². The van der Waals surface area contributed by atoms with Gasteiger partial charge in [-0.1, -0.05) is 41.5 Å². The van der Waals surface area contributed by atoms with Crippen LogP contribution in [-0.4, -0.2) is 159 Å². The summed E-state index contributed by atoms with van der Waals surface area (Å²) in [5.41, 5.74) is 0.551. The molecule has 0 aliphatic heterocycles. The summed E-state index contributed by atoms with van der Waals surface area (Å²) in [6.45, 7) is 26.7. The van der Waals surface area contributed by atoms with Crippen molar-refractivity contribution < 1.29 is 56.8 Å². The van der Waals surface area contributed by atoms with Crippen molar-refractivity contribution in [3.63, 3.8) is 0 Å². The van der Waals surface area contributed by atoms with E-state index in [0.717, 1.165) is 19.6 Å². The van der Waals surface area contributed by atoms with Crippen molar-refractivity contribution in [2.75, 3.05) is 159 Å². The molecular weight excluding hydrogens is 600 g/mol. The third-order valence-electron chi connectivity index (χ3n) is 5.84. The van der Waals surface area contributed by atoms with E-state index in [1.165, 1.54) is 6.42 Å². The normalized spacial score (nSPS) is 12.4. The fourth-order valence-electron chi connectivity index (χ4n) is 3.50. The number of hydrogen-bond acceptors (Lipinski definition) is 12. The summed E-state index contributed by atoms with van der Waals surface area (Å²) < 4.78 is 66.0. The highest BCUT2D eigenvalue weighted by Crippen LogP contribution is 2.20. The molecule has 12 heteroatoms. The Balaban J connectivity index is 3.07. The highest BCUT2D eigenvalue weighted by atomic mass is 16.6. The third kappa shape index (κ3) is 43.5. The van der Waals surface area contributed by atoms with Crippen LogP contribution in [0.15, 0.2) is 0 Å². The minimum atomic E-state index is 0.183. The Kier molecular flexibility index (Phi) is 34.0. The average molecular weight is 671 g/mol. The molecule has 0 N–H and O–H groups in total. The molecule has 0 aliphatic carbocycles. The lowest BCUT2D eigenvalue weighted by Crippen LogP contribution is -2.17. The first-order chi connectivity index (χ1) is 22.2. The van der Waals surface area contributed by atoms with Crippen LogP contribution < -0.4 is 0 Å². The molecule has 0 saturated heterocycles. The molecule has 0 amide bonds. The third-order valence-corrected chi connectivity index (χ3v) is 5.84. The fourth-order valence-corrected chi connectivity index (χ4v) is 3.50. The Hall–Kier alpha value is -0.480. The fraction of sp³-hybridized carbons (Fsp3) is 1.00. The molecule has 278 valence electrons. The van der Waals surface area contributed by atoms with Crippen LogP contribution >= 0.6 is 0 Å². The highest BCUT2D eigenvalue weighted by Gasteiger charge is 2.10. The summed E-state index contributed by atoms with van der Waals surface area (Å²) in [6.07, 6.45) is 2.25. The van der Waals surface area contributed by atoms with Gasteiger partial charge in [-0.25, -0.2) is 0 Å². The first-order valence-corrected chi connectivity index (χ1v) is 17.1. The van der Waals surface area contributed by atoms with Gasteiger partial charge in [0.1, 0.15) is 0 Å². The van der Waals surface area contributed by atoms with E-state index in [0.29, 0.717) is 151 Å².